The van der Waals surface area contributed by atoms with Crippen molar-refractivity contribution in [3.63, 3.8) is 0 Å². The Bertz CT molecular complexity index is 231. The Kier molecular flexibility index (Phi) is 5.68. The van der Waals surface area contributed by atoms with Crippen molar-refractivity contribution in [2.45, 2.75) is 19.8 Å². The second-order valence-corrected chi connectivity index (χ2v) is 2.63. The van der Waals surface area contributed by atoms with E-state index in [2.05, 4.69) is 6.58 Å². The van der Waals surface area contributed by atoms with E-state index in [9.17, 15) is 4.39 Å². The summed E-state index contributed by atoms with van der Waals surface area (Å²) in [6.45, 7) is 5.34. The Balaban J connectivity index is 4.24. The van der Waals surface area contributed by atoms with Crippen molar-refractivity contribution in [2.24, 2.45) is 5.73 Å². The van der Waals surface area contributed by atoms with Crippen molar-refractivity contribution >= 4 is 0 Å². The van der Waals surface area contributed by atoms with E-state index in [1.165, 1.54) is 13.2 Å². The minimum absolute atomic E-state index is 0.139. The number of allylic oxidation sites excluding steroid dienone is 3. The first-order valence-corrected chi connectivity index (χ1v) is 4.13. The van der Waals surface area contributed by atoms with Crippen molar-refractivity contribution in [2.75, 3.05) is 7.11 Å². The minimum Gasteiger partial charge on any atom is -0.501 e. The fourth-order valence-electron chi connectivity index (χ4n) is 0.874. The fourth-order valence-corrected chi connectivity index (χ4v) is 0.874. The Morgan fingerprint density at radius 2 is 2.23 bits per heavy atom. The smallest absolute Gasteiger partial charge is 0.109 e. The summed E-state index contributed by atoms with van der Waals surface area (Å²) in [6, 6.07) is 0. The summed E-state index contributed by atoms with van der Waals surface area (Å²) < 4.78 is 18.0. The molecular formula is C10H16FNO. The predicted octanol–water partition coefficient (Wildman–Crippen LogP) is 2.64. The van der Waals surface area contributed by atoms with Crippen LogP contribution in [0.5, 0.6) is 0 Å². The van der Waals surface area contributed by atoms with Gasteiger partial charge in [-0.1, -0.05) is 13.5 Å². The molecule has 0 aromatic rings. The van der Waals surface area contributed by atoms with Gasteiger partial charge in [0.15, 0.2) is 0 Å². The first-order chi connectivity index (χ1) is 6.10. The van der Waals surface area contributed by atoms with Crippen LogP contribution >= 0.6 is 0 Å². The lowest BCUT2D eigenvalue weighted by molar-refractivity contribution is 0.276. The third-order valence-electron chi connectivity index (χ3n) is 1.38. The van der Waals surface area contributed by atoms with Gasteiger partial charge in [0.2, 0.25) is 0 Å². The quantitative estimate of drug-likeness (QED) is 0.528. The molecule has 74 valence electrons. The van der Waals surface area contributed by atoms with Gasteiger partial charge in [-0.15, -0.1) is 0 Å². The molecule has 2 N–H and O–H groups in total. The summed E-state index contributed by atoms with van der Waals surface area (Å²) in [4.78, 5) is 0. The summed E-state index contributed by atoms with van der Waals surface area (Å²) in [6.07, 6.45) is 3.98. The van der Waals surface area contributed by atoms with Gasteiger partial charge in [-0.2, -0.15) is 0 Å². The molecule has 0 radical (unpaired) electrons. The van der Waals surface area contributed by atoms with E-state index in [4.69, 9.17) is 10.5 Å². The number of nitrogens with two attached hydrogens (primary N) is 1. The predicted molar refractivity (Wildman–Crippen MR) is 52.5 cm³/mol. The summed E-state index contributed by atoms with van der Waals surface area (Å²) >= 11 is 0. The van der Waals surface area contributed by atoms with Crippen LogP contribution in [0.4, 0.5) is 4.39 Å². The molecule has 3 heteroatoms. The summed E-state index contributed by atoms with van der Waals surface area (Å²) in [7, 11) is 1.52. The zero-order chi connectivity index (χ0) is 10.3. The Labute approximate surface area is 78.6 Å². The van der Waals surface area contributed by atoms with Gasteiger partial charge < -0.3 is 10.5 Å². The molecule has 0 saturated heterocycles. The van der Waals surface area contributed by atoms with Crippen molar-refractivity contribution in [1.82, 2.24) is 0 Å². The largest absolute Gasteiger partial charge is 0.501 e. The first kappa shape index (κ1) is 11.8. The zero-order valence-corrected chi connectivity index (χ0v) is 8.14. The minimum atomic E-state index is -0.339. The van der Waals surface area contributed by atoms with Crippen LogP contribution < -0.4 is 5.73 Å². The lowest BCUT2D eigenvalue weighted by Crippen LogP contribution is -1.93. The van der Waals surface area contributed by atoms with Gasteiger partial charge in [-0.05, 0) is 18.6 Å². The van der Waals surface area contributed by atoms with Gasteiger partial charge in [0.05, 0.1) is 19.3 Å². The number of rotatable bonds is 5. The second kappa shape index (κ2) is 6.29. The van der Waals surface area contributed by atoms with Gasteiger partial charge >= 0.3 is 0 Å². The van der Waals surface area contributed by atoms with Crippen LogP contribution in [0, 0.1) is 0 Å². The maximum absolute atomic E-state index is 13.0. The molecular weight excluding hydrogens is 169 g/mol. The standard InChI is InChI=1S/C10H16FNO/c1-4-5-10(13-3)7-9(11)6-8(2)12/h5-6H,2,4,7,12H2,1,3H3/b9-6+,10-5+. The van der Waals surface area contributed by atoms with Crippen molar-refractivity contribution < 1.29 is 9.13 Å². The molecule has 0 heterocycles. The van der Waals surface area contributed by atoms with E-state index in [1.807, 2.05) is 13.0 Å². The Hall–Kier alpha value is -1.25. The number of hydrogen-bond donors (Lipinski definition) is 1. The van der Waals surface area contributed by atoms with E-state index in [-0.39, 0.29) is 17.9 Å². The number of methoxy groups -OCH3 is 1. The van der Waals surface area contributed by atoms with Crippen LogP contribution in [0.1, 0.15) is 19.8 Å². The van der Waals surface area contributed by atoms with Crippen LogP contribution in [0.25, 0.3) is 0 Å². The lowest BCUT2D eigenvalue weighted by Gasteiger charge is -2.03. The highest BCUT2D eigenvalue weighted by Crippen LogP contribution is 2.14. The van der Waals surface area contributed by atoms with Gasteiger partial charge in [0.25, 0.3) is 0 Å². The van der Waals surface area contributed by atoms with Crippen molar-refractivity contribution in [1.29, 1.82) is 0 Å². The second-order valence-electron chi connectivity index (χ2n) is 2.63. The van der Waals surface area contributed by atoms with Crippen LogP contribution in [0.3, 0.4) is 0 Å². The lowest BCUT2D eigenvalue weighted by atomic mass is 10.2. The third-order valence-corrected chi connectivity index (χ3v) is 1.38. The molecule has 2 nitrogen and oxygen atoms in total. The third kappa shape index (κ3) is 5.96. The van der Waals surface area contributed by atoms with E-state index < -0.39 is 0 Å². The van der Waals surface area contributed by atoms with Gasteiger partial charge in [0, 0.05) is 5.70 Å². The van der Waals surface area contributed by atoms with Crippen LogP contribution in [-0.4, -0.2) is 7.11 Å². The molecule has 0 aliphatic rings. The highest BCUT2D eigenvalue weighted by atomic mass is 19.1. The van der Waals surface area contributed by atoms with Crippen molar-refractivity contribution in [3.05, 3.63) is 36.0 Å². The van der Waals surface area contributed by atoms with Crippen LogP contribution in [-0.2, 0) is 4.74 Å². The average molecular weight is 185 g/mol. The Morgan fingerprint density at radius 1 is 1.62 bits per heavy atom. The molecule has 0 amide bonds. The maximum Gasteiger partial charge on any atom is 0.109 e. The highest BCUT2D eigenvalue weighted by Gasteiger charge is 2.00. The SMILES string of the molecule is C=C(N)/C=C(/F)C/C(=C\CC)OC. The molecule has 0 saturated carbocycles. The van der Waals surface area contributed by atoms with Gasteiger partial charge in [-0.25, -0.2) is 4.39 Å². The molecule has 0 aromatic heterocycles. The highest BCUT2D eigenvalue weighted by molar-refractivity contribution is 5.16. The topological polar surface area (TPSA) is 35.2 Å². The number of ether oxygens (including phenoxy) is 1. The van der Waals surface area contributed by atoms with Crippen LogP contribution in [0.2, 0.25) is 0 Å². The Morgan fingerprint density at radius 3 is 2.62 bits per heavy atom. The molecule has 13 heavy (non-hydrogen) atoms. The van der Waals surface area contributed by atoms with Gasteiger partial charge in [0.1, 0.15) is 5.83 Å². The molecule has 0 fully saturated rings. The monoisotopic (exact) mass is 185 g/mol. The molecule has 0 spiro atoms. The summed E-state index contributed by atoms with van der Waals surface area (Å²) in [5.74, 6) is 0.270. The van der Waals surface area contributed by atoms with E-state index >= 15 is 0 Å². The fraction of sp³-hybridized carbons (Fsp3) is 0.400. The number of hydrogen-bond acceptors (Lipinski definition) is 2. The van der Waals surface area contributed by atoms with Crippen LogP contribution in [0.15, 0.2) is 36.0 Å². The van der Waals surface area contributed by atoms with Gasteiger partial charge in [-0.3, -0.25) is 0 Å². The molecule has 0 aliphatic heterocycles. The van der Waals surface area contributed by atoms with E-state index in [1.54, 1.807) is 0 Å². The zero-order valence-electron chi connectivity index (χ0n) is 8.14. The molecule has 0 bridgehead atoms. The molecule has 0 atom stereocenters. The number of halogens is 1. The van der Waals surface area contributed by atoms with E-state index in [0.717, 1.165) is 6.42 Å². The summed E-state index contributed by atoms with van der Waals surface area (Å²) in [5.41, 5.74) is 5.43. The maximum atomic E-state index is 13.0. The molecule has 0 unspecified atom stereocenters. The van der Waals surface area contributed by atoms with E-state index in [0.29, 0.717) is 5.76 Å². The summed E-state index contributed by atoms with van der Waals surface area (Å²) in [5, 5.41) is 0. The molecule has 0 aliphatic carbocycles. The average Bonchev–Trinajstić information content (AvgIpc) is 2.02. The first-order valence-electron chi connectivity index (χ1n) is 4.13. The normalized spacial score (nSPS) is 12.8. The molecule has 0 rings (SSSR count). The molecule has 0 aromatic carbocycles. The van der Waals surface area contributed by atoms with Crippen molar-refractivity contribution in [3.8, 4) is 0 Å².